The molecule has 0 bridgehead atoms. The Balaban J connectivity index is 2.34. The van der Waals surface area contributed by atoms with Crippen LogP contribution in [0.4, 0.5) is 11.4 Å². The van der Waals surface area contributed by atoms with Gasteiger partial charge in [0.25, 0.3) is 0 Å². The Kier molecular flexibility index (Phi) is 4.32. The van der Waals surface area contributed by atoms with Gasteiger partial charge >= 0.3 is 5.97 Å². The summed E-state index contributed by atoms with van der Waals surface area (Å²) in [7, 11) is 0. The van der Waals surface area contributed by atoms with Crippen molar-refractivity contribution in [1.82, 2.24) is 0 Å². The van der Waals surface area contributed by atoms with Gasteiger partial charge < -0.3 is 15.8 Å². The Morgan fingerprint density at radius 2 is 1.94 bits per heavy atom. The van der Waals surface area contributed by atoms with Gasteiger partial charge in [-0.2, -0.15) is 0 Å². The van der Waals surface area contributed by atoms with Gasteiger partial charge in [-0.15, -0.1) is 0 Å². The maximum atomic E-state index is 11.3. The highest BCUT2D eigenvalue weighted by atomic mass is 16.5. The van der Waals surface area contributed by atoms with Gasteiger partial charge in [0.1, 0.15) is 6.61 Å². The molecule has 3 N–H and O–H groups in total. The molecule has 0 radical (unpaired) electrons. The molecular formula is C11H14N2O3. The molecule has 0 aromatic heterocycles. The van der Waals surface area contributed by atoms with Gasteiger partial charge in [-0.1, -0.05) is 0 Å². The first-order valence-electron chi connectivity index (χ1n) is 4.86. The largest absolute Gasteiger partial charge is 0.465 e. The molecule has 5 nitrogen and oxygen atoms in total. The number of nitrogens with two attached hydrogens (primary N) is 1. The maximum Gasteiger partial charge on any atom is 0.302 e. The summed E-state index contributed by atoms with van der Waals surface area (Å²) in [5.41, 5.74) is 6.81. The van der Waals surface area contributed by atoms with E-state index in [0.717, 1.165) is 0 Å². The van der Waals surface area contributed by atoms with E-state index in [-0.39, 0.29) is 24.9 Å². The highest BCUT2D eigenvalue weighted by molar-refractivity contribution is 5.91. The topological polar surface area (TPSA) is 81.4 Å². The molecule has 0 saturated carbocycles. The molecule has 0 aliphatic heterocycles. The normalized spacial score (nSPS) is 9.56. The molecule has 1 rings (SSSR count). The zero-order valence-corrected chi connectivity index (χ0v) is 9.03. The fourth-order valence-electron chi connectivity index (χ4n) is 1.08. The zero-order chi connectivity index (χ0) is 12.0. The average molecular weight is 222 g/mol. The van der Waals surface area contributed by atoms with Crippen LogP contribution in [0, 0.1) is 0 Å². The molecular weight excluding hydrogens is 208 g/mol. The van der Waals surface area contributed by atoms with E-state index in [1.807, 2.05) is 0 Å². The molecule has 86 valence electrons. The van der Waals surface area contributed by atoms with Gasteiger partial charge in [0.2, 0.25) is 5.91 Å². The van der Waals surface area contributed by atoms with Crippen molar-refractivity contribution in [3.8, 4) is 0 Å². The third-order valence-corrected chi connectivity index (χ3v) is 1.83. The molecule has 0 atom stereocenters. The van der Waals surface area contributed by atoms with Crippen LogP contribution in [0.25, 0.3) is 0 Å². The monoisotopic (exact) mass is 222 g/mol. The molecule has 0 fully saturated rings. The van der Waals surface area contributed by atoms with Crippen LogP contribution < -0.4 is 11.1 Å². The highest BCUT2D eigenvalue weighted by Crippen LogP contribution is 2.10. The number of anilines is 2. The molecule has 1 aromatic carbocycles. The van der Waals surface area contributed by atoms with Crippen molar-refractivity contribution in [3.05, 3.63) is 24.3 Å². The SMILES string of the molecule is CC(=O)OCCC(=O)Nc1ccc(N)cc1. The van der Waals surface area contributed by atoms with E-state index < -0.39 is 0 Å². The number of nitrogen functional groups attached to an aromatic ring is 1. The van der Waals surface area contributed by atoms with Crippen molar-refractivity contribution in [1.29, 1.82) is 0 Å². The van der Waals surface area contributed by atoms with Crippen LogP contribution in [0.1, 0.15) is 13.3 Å². The lowest BCUT2D eigenvalue weighted by atomic mass is 10.3. The van der Waals surface area contributed by atoms with E-state index in [4.69, 9.17) is 5.73 Å². The first-order valence-corrected chi connectivity index (χ1v) is 4.86. The lowest BCUT2D eigenvalue weighted by Gasteiger charge is -2.05. The number of hydrogen-bond donors (Lipinski definition) is 2. The van der Waals surface area contributed by atoms with Crippen LogP contribution in [0.15, 0.2) is 24.3 Å². The molecule has 0 aliphatic rings. The van der Waals surface area contributed by atoms with Crippen molar-refractivity contribution in [2.75, 3.05) is 17.7 Å². The van der Waals surface area contributed by atoms with E-state index in [1.165, 1.54) is 6.92 Å². The number of rotatable bonds is 4. The van der Waals surface area contributed by atoms with Gasteiger partial charge in [0, 0.05) is 18.3 Å². The van der Waals surface area contributed by atoms with Crippen LogP contribution in [0.3, 0.4) is 0 Å². The van der Waals surface area contributed by atoms with Crippen molar-refractivity contribution in [3.63, 3.8) is 0 Å². The van der Waals surface area contributed by atoms with E-state index in [2.05, 4.69) is 10.1 Å². The number of amides is 1. The van der Waals surface area contributed by atoms with Gasteiger partial charge in [-0.3, -0.25) is 9.59 Å². The molecule has 16 heavy (non-hydrogen) atoms. The zero-order valence-electron chi connectivity index (χ0n) is 9.03. The van der Waals surface area contributed by atoms with Crippen LogP contribution >= 0.6 is 0 Å². The van der Waals surface area contributed by atoms with Gasteiger partial charge in [-0.25, -0.2) is 0 Å². The van der Waals surface area contributed by atoms with Gasteiger partial charge in [0.15, 0.2) is 0 Å². The average Bonchev–Trinajstić information content (AvgIpc) is 2.21. The van der Waals surface area contributed by atoms with Crippen molar-refractivity contribution in [2.24, 2.45) is 0 Å². The molecule has 0 aliphatic carbocycles. The number of hydrogen-bond acceptors (Lipinski definition) is 4. The molecule has 0 unspecified atom stereocenters. The predicted molar refractivity (Wildman–Crippen MR) is 60.7 cm³/mol. The minimum absolute atomic E-state index is 0.0934. The van der Waals surface area contributed by atoms with Crippen molar-refractivity contribution in [2.45, 2.75) is 13.3 Å². The number of ether oxygens (including phenoxy) is 1. The quantitative estimate of drug-likeness (QED) is 0.591. The minimum Gasteiger partial charge on any atom is -0.465 e. The fourth-order valence-corrected chi connectivity index (χ4v) is 1.08. The molecule has 5 heteroatoms. The van der Waals surface area contributed by atoms with E-state index in [9.17, 15) is 9.59 Å². The first kappa shape index (κ1) is 12.0. The van der Waals surface area contributed by atoms with Crippen LogP contribution in [-0.4, -0.2) is 18.5 Å². The van der Waals surface area contributed by atoms with Crippen LogP contribution in [0.5, 0.6) is 0 Å². The van der Waals surface area contributed by atoms with Gasteiger partial charge in [-0.05, 0) is 24.3 Å². The third kappa shape index (κ3) is 4.45. The summed E-state index contributed by atoms with van der Waals surface area (Å²) in [5, 5.41) is 2.66. The maximum absolute atomic E-state index is 11.3. The Hall–Kier alpha value is -2.04. The van der Waals surface area contributed by atoms with Crippen molar-refractivity contribution >= 4 is 23.3 Å². The minimum atomic E-state index is -0.389. The predicted octanol–water partition coefficient (Wildman–Crippen LogP) is 1.16. The third-order valence-electron chi connectivity index (χ3n) is 1.83. The van der Waals surface area contributed by atoms with Crippen LogP contribution in [-0.2, 0) is 14.3 Å². The number of esters is 1. The molecule has 0 saturated heterocycles. The Bertz CT molecular complexity index is 373. The summed E-state index contributed by atoms with van der Waals surface area (Å²) < 4.78 is 4.65. The second-order valence-electron chi connectivity index (χ2n) is 3.26. The van der Waals surface area contributed by atoms with Crippen LogP contribution in [0.2, 0.25) is 0 Å². The Morgan fingerprint density at radius 1 is 1.31 bits per heavy atom. The smallest absolute Gasteiger partial charge is 0.302 e. The van der Waals surface area contributed by atoms with E-state index in [1.54, 1.807) is 24.3 Å². The summed E-state index contributed by atoms with van der Waals surface area (Å²) in [6, 6.07) is 6.81. The lowest BCUT2D eigenvalue weighted by molar-refractivity contribution is -0.141. The summed E-state index contributed by atoms with van der Waals surface area (Å²) >= 11 is 0. The number of carbonyl (C=O) groups is 2. The summed E-state index contributed by atoms with van der Waals surface area (Å²) in [5.74, 6) is -0.591. The van der Waals surface area contributed by atoms with E-state index in [0.29, 0.717) is 11.4 Å². The molecule has 0 heterocycles. The summed E-state index contributed by atoms with van der Waals surface area (Å²) in [6.07, 6.45) is 0.143. The Morgan fingerprint density at radius 3 is 2.50 bits per heavy atom. The molecule has 1 amide bonds. The fraction of sp³-hybridized carbons (Fsp3) is 0.273. The van der Waals surface area contributed by atoms with Crippen molar-refractivity contribution < 1.29 is 14.3 Å². The summed E-state index contributed by atoms with van der Waals surface area (Å²) in [4.78, 5) is 21.8. The molecule has 1 aromatic rings. The standard InChI is InChI=1S/C11H14N2O3/c1-8(14)16-7-6-11(15)13-10-4-2-9(12)3-5-10/h2-5H,6-7,12H2,1H3,(H,13,15). The number of nitrogens with one attached hydrogen (secondary N) is 1. The number of benzene rings is 1. The lowest BCUT2D eigenvalue weighted by Crippen LogP contribution is -2.15. The van der Waals surface area contributed by atoms with E-state index >= 15 is 0 Å². The Labute approximate surface area is 93.6 Å². The van der Waals surface area contributed by atoms with Gasteiger partial charge in [0.05, 0.1) is 6.42 Å². The second kappa shape index (κ2) is 5.75. The number of carbonyl (C=O) groups excluding carboxylic acids is 2. The first-order chi connectivity index (χ1) is 7.58. The second-order valence-corrected chi connectivity index (χ2v) is 3.26. The summed E-state index contributed by atoms with van der Waals surface area (Å²) in [6.45, 7) is 1.40. The highest BCUT2D eigenvalue weighted by Gasteiger charge is 2.03. The molecule has 0 spiro atoms.